The maximum Gasteiger partial charge on any atom is 0.190 e. The van der Waals surface area contributed by atoms with Gasteiger partial charge in [-0.1, -0.05) is 13.8 Å². The molecular weight excluding hydrogens is 232 g/mol. The number of hydrogen-bond donors (Lipinski definition) is 1. The van der Waals surface area contributed by atoms with Crippen LogP contribution in [0, 0.1) is 0 Å². The molecule has 0 aromatic carbocycles. The molecule has 0 spiro atoms. The Bertz CT molecular complexity index is 467. The third-order valence-corrected chi connectivity index (χ3v) is 3.09. The molecule has 4 nitrogen and oxygen atoms in total. The number of thiazole rings is 1. The molecule has 0 aliphatic carbocycles. The van der Waals surface area contributed by atoms with Gasteiger partial charge in [-0.25, -0.2) is 15.0 Å². The fraction of sp³-hybridized carbons (Fsp3) is 0.417. The molecule has 0 atom stereocenters. The van der Waals surface area contributed by atoms with Gasteiger partial charge in [0.25, 0.3) is 0 Å². The van der Waals surface area contributed by atoms with Gasteiger partial charge >= 0.3 is 0 Å². The molecule has 0 fully saturated rings. The van der Waals surface area contributed by atoms with Gasteiger partial charge in [0.1, 0.15) is 5.82 Å². The summed E-state index contributed by atoms with van der Waals surface area (Å²) in [6.07, 6.45) is 3.76. The summed E-state index contributed by atoms with van der Waals surface area (Å²) < 4.78 is 0. The molecule has 2 aromatic rings. The predicted octanol–water partition coefficient (Wildman–Crippen LogP) is 2.98. The standard InChI is InChI=1S/C12H16N4S/c1-3-5-13-10-8-9(4-2)15-11(16-10)12-14-6-7-17-12/h6-8H,3-5H2,1-2H3,(H,13,15,16). The van der Waals surface area contributed by atoms with Crippen molar-refractivity contribution in [1.29, 1.82) is 0 Å². The first-order valence-corrected chi connectivity index (χ1v) is 6.73. The molecule has 0 aliphatic rings. The Morgan fingerprint density at radius 2 is 2.18 bits per heavy atom. The summed E-state index contributed by atoms with van der Waals surface area (Å²) in [4.78, 5) is 13.2. The molecule has 0 unspecified atom stereocenters. The molecule has 5 heteroatoms. The van der Waals surface area contributed by atoms with E-state index >= 15 is 0 Å². The highest BCUT2D eigenvalue weighted by molar-refractivity contribution is 7.13. The monoisotopic (exact) mass is 248 g/mol. The van der Waals surface area contributed by atoms with E-state index in [0.717, 1.165) is 41.7 Å². The highest BCUT2D eigenvalue weighted by Gasteiger charge is 2.07. The average Bonchev–Trinajstić information content (AvgIpc) is 2.89. The van der Waals surface area contributed by atoms with Crippen molar-refractivity contribution in [1.82, 2.24) is 15.0 Å². The van der Waals surface area contributed by atoms with Crippen LogP contribution in [0.1, 0.15) is 26.0 Å². The fourth-order valence-corrected chi connectivity index (χ4v) is 2.02. The Morgan fingerprint density at radius 1 is 1.29 bits per heavy atom. The van der Waals surface area contributed by atoms with E-state index in [2.05, 4.69) is 34.1 Å². The first-order valence-electron chi connectivity index (χ1n) is 5.85. The lowest BCUT2D eigenvalue weighted by Crippen LogP contribution is -2.05. The summed E-state index contributed by atoms with van der Waals surface area (Å²) in [7, 11) is 0. The van der Waals surface area contributed by atoms with Gasteiger partial charge in [-0.2, -0.15) is 0 Å². The van der Waals surface area contributed by atoms with Crippen molar-refractivity contribution >= 4 is 17.2 Å². The average molecular weight is 248 g/mol. The van der Waals surface area contributed by atoms with Gasteiger partial charge in [-0.15, -0.1) is 11.3 Å². The van der Waals surface area contributed by atoms with E-state index in [1.54, 1.807) is 17.5 Å². The third kappa shape index (κ3) is 3.00. The lowest BCUT2D eigenvalue weighted by Gasteiger charge is -2.07. The molecule has 0 amide bonds. The smallest absolute Gasteiger partial charge is 0.190 e. The van der Waals surface area contributed by atoms with Crippen LogP contribution in [0.3, 0.4) is 0 Å². The summed E-state index contributed by atoms with van der Waals surface area (Å²) in [6, 6.07) is 2.01. The van der Waals surface area contributed by atoms with Gasteiger partial charge < -0.3 is 5.32 Å². The first kappa shape index (κ1) is 12.0. The minimum Gasteiger partial charge on any atom is -0.370 e. The Labute approximate surface area is 105 Å². The number of nitrogens with one attached hydrogen (secondary N) is 1. The van der Waals surface area contributed by atoms with E-state index in [9.17, 15) is 0 Å². The van der Waals surface area contributed by atoms with Crippen LogP contribution in [-0.4, -0.2) is 21.5 Å². The van der Waals surface area contributed by atoms with Crippen LogP contribution in [0.4, 0.5) is 5.82 Å². The Morgan fingerprint density at radius 3 is 2.82 bits per heavy atom. The number of aromatic nitrogens is 3. The van der Waals surface area contributed by atoms with Crippen molar-refractivity contribution in [2.45, 2.75) is 26.7 Å². The summed E-state index contributed by atoms with van der Waals surface area (Å²) >= 11 is 1.56. The first-order chi connectivity index (χ1) is 8.33. The maximum absolute atomic E-state index is 4.50. The quantitative estimate of drug-likeness (QED) is 0.883. The van der Waals surface area contributed by atoms with Gasteiger partial charge in [0.15, 0.2) is 10.8 Å². The van der Waals surface area contributed by atoms with Crippen LogP contribution in [0.15, 0.2) is 17.6 Å². The van der Waals surface area contributed by atoms with Gasteiger partial charge in [-0.05, 0) is 12.8 Å². The van der Waals surface area contributed by atoms with E-state index in [1.807, 2.05) is 11.4 Å². The molecule has 2 rings (SSSR count). The lowest BCUT2D eigenvalue weighted by atomic mass is 10.3. The zero-order valence-corrected chi connectivity index (χ0v) is 10.9. The minimum atomic E-state index is 0.720. The molecule has 0 bridgehead atoms. The van der Waals surface area contributed by atoms with E-state index in [-0.39, 0.29) is 0 Å². The molecule has 0 radical (unpaired) electrons. The van der Waals surface area contributed by atoms with Gasteiger partial charge in [0.05, 0.1) is 0 Å². The van der Waals surface area contributed by atoms with Crippen LogP contribution in [0.25, 0.3) is 10.8 Å². The summed E-state index contributed by atoms with van der Waals surface area (Å²) in [5.41, 5.74) is 1.05. The molecule has 0 aliphatic heterocycles. The van der Waals surface area contributed by atoms with Crippen LogP contribution < -0.4 is 5.32 Å². The number of nitrogens with zero attached hydrogens (tertiary/aromatic N) is 3. The minimum absolute atomic E-state index is 0.720. The Hall–Kier alpha value is -1.49. The Kier molecular flexibility index (Phi) is 4.03. The van der Waals surface area contributed by atoms with Crippen molar-refractivity contribution in [2.24, 2.45) is 0 Å². The van der Waals surface area contributed by atoms with Crippen LogP contribution in [-0.2, 0) is 6.42 Å². The number of rotatable bonds is 5. The predicted molar refractivity (Wildman–Crippen MR) is 71.3 cm³/mol. The molecule has 0 saturated heterocycles. The fourth-order valence-electron chi connectivity index (χ4n) is 1.45. The highest BCUT2D eigenvalue weighted by atomic mass is 32.1. The second-order valence-electron chi connectivity index (χ2n) is 3.69. The largest absolute Gasteiger partial charge is 0.370 e. The zero-order valence-electron chi connectivity index (χ0n) is 10.1. The summed E-state index contributed by atoms with van der Waals surface area (Å²) in [6.45, 7) is 5.16. The molecule has 0 saturated carbocycles. The molecule has 1 N–H and O–H groups in total. The summed E-state index contributed by atoms with van der Waals surface area (Å²) in [5, 5.41) is 6.11. The van der Waals surface area contributed by atoms with Crippen LogP contribution in [0.5, 0.6) is 0 Å². The molecule has 2 heterocycles. The van der Waals surface area contributed by atoms with E-state index < -0.39 is 0 Å². The second-order valence-corrected chi connectivity index (χ2v) is 4.58. The highest BCUT2D eigenvalue weighted by Crippen LogP contribution is 2.20. The van der Waals surface area contributed by atoms with E-state index in [0.29, 0.717) is 0 Å². The number of hydrogen-bond acceptors (Lipinski definition) is 5. The third-order valence-electron chi connectivity index (χ3n) is 2.32. The zero-order chi connectivity index (χ0) is 12.1. The van der Waals surface area contributed by atoms with Crippen LogP contribution >= 0.6 is 11.3 Å². The molecule has 17 heavy (non-hydrogen) atoms. The van der Waals surface area contributed by atoms with E-state index in [4.69, 9.17) is 0 Å². The maximum atomic E-state index is 4.50. The van der Waals surface area contributed by atoms with Crippen molar-refractivity contribution < 1.29 is 0 Å². The molecule has 90 valence electrons. The normalized spacial score (nSPS) is 10.5. The number of aryl methyl sites for hydroxylation is 1. The topological polar surface area (TPSA) is 50.7 Å². The summed E-state index contributed by atoms with van der Waals surface area (Å²) in [5.74, 6) is 1.61. The SMILES string of the molecule is CCCNc1cc(CC)nc(-c2nccs2)n1. The van der Waals surface area contributed by atoms with Crippen molar-refractivity contribution in [3.8, 4) is 10.8 Å². The van der Waals surface area contributed by atoms with Crippen molar-refractivity contribution in [3.63, 3.8) is 0 Å². The van der Waals surface area contributed by atoms with Gasteiger partial charge in [0, 0.05) is 29.9 Å². The van der Waals surface area contributed by atoms with Crippen molar-refractivity contribution in [3.05, 3.63) is 23.3 Å². The molecule has 2 aromatic heterocycles. The van der Waals surface area contributed by atoms with Gasteiger partial charge in [-0.3, -0.25) is 0 Å². The van der Waals surface area contributed by atoms with E-state index in [1.165, 1.54) is 0 Å². The molecular formula is C12H16N4S. The second kappa shape index (κ2) is 5.72. The number of anilines is 1. The van der Waals surface area contributed by atoms with Crippen LogP contribution in [0.2, 0.25) is 0 Å². The lowest BCUT2D eigenvalue weighted by molar-refractivity contribution is 0.950. The van der Waals surface area contributed by atoms with Gasteiger partial charge in [0.2, 0.25) is 0 Å². The van der Waals surface area contributed by atoms with Crippen molar-refractivity contribution in [2.75, 3.05) is 11.9 Å². The Balaban J connectivity index is 2.32.